The highest BCUT2D eigenvalue weighted by Crippen LogP contribution is 2.42. The van der Waals surface area contributed by atoms with Crippen LogP contribution in [0.4, 0.5) is 11.4 Å². The van der Waals surface area contributed by atoms with E-state index in [1.807, 2.05) is 6.92 Å². The van der Waals surface area contributed by atoms with Gasteiger partial charge < -0.3 is 4.74 Å². The lowest BCUT2D eigenvalue weighted by atomic mass is 9.81. The van der Waals surface area contributed by atoms with E-state index in [0.29, 0.717) is 23.6 Å². The van der Waals surface area contributed by atoms with Crippen LogP contribution in [0.3, 0.4) is 0 Å². The molecule has 2 aromatic rings. The second-order valence-electron chi connectivity index (χ2n) is 7.46. The number of nitrogens with zero attached hydrogens (tertiary/aromatic N) is 2. The van der Waals surface area contributed by atoms with Gasteiger partial charge >= 0.3 is 0 Å². The minimum absolute atomic E-state index is 0.171. The predicted octanol–water partition coefficient (Wildman–Crippen LogP) is 5.03. The summed E-state index contributed by atoms with van der Waals surface area (Å²) in [4.78, 5) is 37.7. The van der Waals surface area contributed by atoms with E-state index in [-0.39, 0.29) is 40.8 Å². The number of non-ortho nitro benzene ring substituents is 1. The number of benzene rings is 2. The van der Waals surface area contributed by atoms with Crippen molar-refractivity contribution in [2.45, 2.75) is 32.6 Å². The molecule has 0 radical (unpaired) electrons. The van der Waals surface area contributed by atoms with E-state index >= 15 is 0 Å². The summed E-state index contributed by atoms with van der Waals surface area (Å²) in [7, 11) is 0. The summed E-state index contributed by atoms with van der Waals surface area (Å²) >= 11 is 6.03. The lowest BCUT2D eigenvalue weighted by molar-refractivity contribution is -0.384. The summed E-state index contributed by atoms with van der Waals surface area (Å²) in [6.07, 6.45) is 3.17. The highest BCUT2D eigenvalue weighted by molar-refractivity contribution is 6.31. The Morgan fingerprint density at radius 1 is 1.03 bits per heavy atom. The maximum Gasteiger partial charge on any atom is 0.275 e. The highest BCUT2D eigenvalue weighted by atomic mass is 35.5. The van der Waals surface area contributed by atoms with Crippen LogP contribution in [-0.2, 0) is 9.59 Å². The van der Waals surface area contributed by atoms with Crippen molar-refractivity contribution in [2.24, 2.45) is 11.8 Å². The van der Waals surface area contributed by atoms with Crippen molar-refractivity contribution < 1.29 is 19.2 Å². The molecule has 29 heavy (non-hydrogen) atoms. The van der Waals surface area contributed by atoms with Gasteiger partial charge in [-0.15, -0.1) is 0 Å². The molecule has 1 aliphatic heterocycles. The standard InChI is InChI=1S/C21H19ClN2O5/c1-12-8-15(6-7-19(12)22)29-16-10-13(9-14(11-16)24(27)28)23-20(25)17-4-2-3-5-18(17)21(23)26/h6-11,17-18H,2-5H2,1H3/t17-,18+. The van der Waals surface area contributed by atoms with Crippen LogP contribution in [0.5, 0.6) is 11.5 Å². The maximum absolute atomic E-state index is 12.9. The molecule has 2 fully saturated rings. The van der Waals surface area contributed by atoms with Crippen LogP contribution >= 0.6 is 11.6 Å². The molecule has 150 valence electrons. The maximum atomic E-state index is 12.9. The Bertz CT molecular complexity index is 998. The number of aryl methyl sites for hydroxylation is 1. The number of fused-ring (bicyclic) bond motifs is 1. The third-order valence-electron chi connectivity index (χ3n) is 5.55. The van der Waals surface area contributed by atoms with Gasteiger partial charge in [0.05, 0.1) is 28.5 Å². The summed E-state index contributed by atoms with van der Waals surface area (Å²) in [6.45, 7) is 1.82. The molecule has 1 saturated carbocycles. The lowest BCUT2D eigenvalue weighted by Gasteiger charge is -2.19. The van der Waals surface area contributed by atoms with E-state index in [2.05, 4.69) is 0 Å². The molecule has 7 nitrogen and oxygen atoms in total. The number of carbonyl (C=O) groups is 2. The number of hydrogen-bond acceptors (Lipinski definition) is 5. The lowest BCUT2D eigenvalue weighted by Crippen LogP contribution is -2.30. The number of hydrogen-bond donors (Lipinski definition) is 0. The Kier molecular flexibility index (Phi) is 5.00. The second-order valence-corrected chi connectivity index (χ2v) is 7.87. The molecule has 0 unspecified atom stereocenters. The van der Waals surface area contributed by atoms with Crippen LogP contribution in [0.2, 0.25) is 5.02 Å². The first-order valence-corrected chi connectivity index (χ1v) is 9.84. The van der Waals surface area contributed by atoms with Gasteiger partial charge in [0.1, 0.15) is 11.5 Å². The fraction of sp³-hybridized carbons (Fsp3) is 0.333. The zero-order valence-corrected chi connectivity index (χ0v) is 16.5. The van der Waals surface area contributed by atoms with E-state index < -0.39 is 4.92 Å². The number of nitro benzene ring substituents is 1. The average molecular weight is 415 g/mol. The zero-order chi connectivity index (χ0) is 20.7. The van der Waals surface area contributed by atoms with Crippen LogP contribution in [0.1, 0.15) is 31.2 Å². The number of amides is 2. The summed E-state index contributed by atoms with van der Waals surface area (Å²) in [5.41, 5.74) is 0.715. The summed E-state index contributed by atoms with van der Waals surface area (Å²) in [5, 5.41) is 12.0. The van der Waals surface area contributed by atoms with Gasteiger partial charge in [-0.3, -0.25) is 19.7 Å². The van der Waals surface area contributed by atoms with Gasteiger partial charge in [0, 0.05) is 17.2 Å². The average Bonchev–Trinajstić information content (AvgIpc) is 2.95. The number of halogens is 1. The number of carbonyl (C=O) groups excluding carboxylic acids is 2. The number of nitro groups is 1. The topological polar surface area (TPSA) is 89.8 Å². The number of rotatable bonds is 4. The Labute approximate surface area is 172 Å². The van der Waals surface area contributed by atoms with Crippen molar-refractivity contribution in [1.82, 2.24) is 0 Å². The first-order chi connectivity index (χ1) is 13.8. The fourth-order valence-electron chi connectivity index (χ4n) is 4.09. The van der Waals surface area contributed by atoms with Gasteiger partial charge in [-0.1, -0.05) is 24.4 Å². The summed E-state index contributed by atoms with van der Waals surface area (Å²) < 4.78 is 5.78. The largest absolute Gasteiger partial charge is 0.457 e. The monoisotopic (exact) mass is 414 g/mol. The van der Waals surface area contributed by atoms with E-state index in [1.54, 1.807) is 18.2 Å². The molecular formula is C21H19ClN2O5. The number of ether oxygens (including phenoxy) is 1. The molecule has 2 aliphatic rings. The van der Waals surface area contributed by atoms with E-state index in [1.165, 1.54) is 18.2 Å². The van der Waals surface area contributed by atoms with Crippen molar-refractivity contribution >= 4 is 34.8 Å². The highest BCUT2D eigenvalue weighted by Gasteiger charge is 2.49. The number of anilines is 1. The quantitative estimate of drug-likeness (QED) is 0.397. The minimum Gasteiger partial charge on any atom is -0.457 e. The third-order valence-corrected chi connectivity index (χ3v) is 5.98. The van der Waals surface area contributed by atoms with Crippen LogP contribution in [0.25, 0.3) is 0 Å². The normalized spacial score (nSPS) is 21.2. The SMILES string of the molecule is Cc1cc(Oc2cc(N3C(=O)[C@H]4CCCC[C@H]4C3=O)cc([N+](=O)[O-])c2)ccc1Cl. The third kappa shape index (κ3) is 3.58. The number of imide groups is 1. The van der Waals surface area contributed by atoms with Crippen molar-refractivity contribution in [3.63, 3.8) is 0 Å². The molecule has 0 aromatic heterocycles. The van der Waals surface area contributed by atoms with E-state index in [9.17, 15) is 19.7 Å². The van der Waals surface area contributed by atoms with Crippen molar-refractivity contribution in [2.75, 3.05) is 4.90 Å². The van der Waals surface area contributed by atoms with Crippen LogP contribution in [0, 0.1) is 28.9 Å². The fourth-order valence-corrected chi connectivity index (χ4v) is 4.21. The molecule has 0 spiro atoms. The summed E-state index contributed by atoms with van der Waals surface area (Å²) in [5.74, 6) is -0.614. The van der Waals surface area contributed by atoms with Crippen molar-refractivity contribution in [1.29, 1.82) is 0 Å². The Morgan fingerprint density at radius 2 is 1.69 bits per heavy atom. The molecule has 8 heteroatoms. The van der Waals surface area contributed by atoms with Gasteiger partial charge in [0.15, 0.2) is 0 Å². The molecular weight excluding hydrogens is 396 g/mol. The van der Waals surface area contributed by atoms with Gasteiger partial charge in [-0.2, -0.15) is 0 Å². The molecule has 2 atom stereocenters. The van der Waals surface area contributed by atoms with Crippen LogP contribution in [-0.4, -0.2) is 16.7 Å². The molecule has 0 N–H and O–H groups in total. The second kappa shape index (κ2) is 7.48. The first kappa shape index (κ1) is 19.4. The molecule has 1 heterocycles. The smallest absolute Gasteiger partial charge is 0.275 e. The molecule has 1 aliphatic carbocycles. The molecule has 2 amide bonds. The predicted molar refractivity (Wildman–Crippen MR) is 107 cm³/mol. The first-order valence-electron chi connectivity index (χ1n) is 9.46. The molecule has 2 aromatic carbocycles. The Hall–Kier alpha value is -2.93. The minimum atomic E-state index is -0.568. The van der Waals surface area contributed by atoms with E-state index in [4.69, 9.17) is 16.3 Å². The Morgan fingerprint density at radius 3 is 2.28 bits per heavy atom. The van der Waals surface area contributed by atoms with Gasteiger partial charge in [0.2, 0.25) is 11.8 Å². The van der Waals surface area contributed by atoms with Gasteiger partial charge in [-0.05, 0) is 43.5 Å². The summed E-state index contributed by atoms with van der Waals surface area (Å²) in [6, 6.07) is 9.03. The van der Waals surface area contributed by atoms with Gasteiger partial charge in [-0.25, -0.2) is 4.90 Å². The van der Waals surface area contributed by atoms with Crippen molar-refractivity contribution in [3.8, 4) is 11.5 Å². The zero-order valence-electron chi connectivity index (χ0n) is 15.8. The van der Waals surface area contributed by atoms with Gasteiger partial charge in [0.25, 0.3) is 5.69 Å². The molecule has 4 rings (SSSR count). The van der Waals surface area contributed by atoms with E-state index in [0.717, 1.165) is 23.3 Å². The Balaban J connectivity index is 1.72. The van der Waals surface area contributed by atoms with Crippen LogP contribution < -0.4 is 9.64 Å². The molecule has 1 saturated heterocycles. The molecule has 0 bridgehead atoms. The van der Waals surface area contributed by atoms with Crippen LogP contribution in [0.15, 0.2) is 36.4 Å². The van der Waals surface area contributed by atoms with Crippen molar-refractivity contribution in [3.05, 3.63) is 57.1 Å².